The summed E-state index contributed by atoms with van der Waals surface area (Å²) >= 11 is 0. The normalized spacial score (nSPS) is 11.7. The van der Waals surface area contributed by atoms with Crippen LogP contribution < -0.4 is 10.2 Å². The first-order valence-corrected chi connectivity index (χ1v) is 29.1. The van der Waals surface area contributed by atoms with Gasteiger partial charge in [0.25, 0.3) is 0 Å². The van der Waals surface area contributed by atoms with Crippen LogP contribution >= 0.6 is 0 Å². The summed E-state index contributed by atoms with van der Waals surface area (Å²) in [6.45, 7) is 17.5. The molecule has 0 saturated heterocycles. The van der Waals surface area contributed by atoms with Crippen LogP contribution in [0.5, 0.6) is 11.5 Å². The number of benzene rings is 3. The molecule has 0 atom stereocenters. The average molecular weight is 992 g/mol. The van der Waals surface area contributed by atoms with E-state index in [-0.39, 0.29) is 28.0 Å². The first kappa shape index (κ1) is 64.1. The Hall–Kier alpha value is -2.91. The van der Waals surface area contributed by atoms with Crippen molar-refractivity contribution in [1.82, 2.24) is 0 Å². The molecule has 0 aliphatic rings. The summed E-state index contributed by atoms with van der Waals surface area (Å²) < 4.78 is 0. The smallest absolute Gasteiger partial charge is 0.873 e. The van der Waals surface area contributed by atoms with Gasteiger partial charge in [-0.05, 0) is 111 Å². The van der Waals surface area contributed by atoms with Gasteiger partial charge >= 0.3 is 16.5 Å². The van der Waals surface area contributed by atoms with Crippen LogP contribution in [0.4, 0.5) is 11.4 Å². The standard InChI is InChI=1S/C54H92N2.C10H14O2.Ni/c1-7-13-15-17-18-19-20-21-22-23-24-25-26-27-28-29-30-31-32-34-40-54(56-52-44-42-48(36-10-4)50(46-52)38-12-6)53(39-33-16-14-8-2)55-51-43-41-47(35-9-3)49(45-51)37-11-5;1-3-4-8-6-5-7(2)9(11)10(8)12;/h41-46H,7-40H2,1-6H3;5-6,11-12H,3-4H2,1-2H3;/q;;+2/p-2. The zero-order chi connectivity index (χ0) is 49.5. The summed E-state index contributed by atoms with van der Waals surface area (Å²) in [5.74, 6) is -0.669. The van der Waals surface area contributed by atoms with Crippen molar-refractivity contribution in [1.29, 1.82) is 0 Å². The average Bonchev–Trinajstić information content (AvgIpc) is 3.33. The Labute approximate surface area is 437 Å². The third-order valence-electron chi connectivity index (χ3n) is 13.8. The number of hydrogen-bond donors (Lipinski definition) is 0. The third kappa shape index (κ3) is 28.7. The molecule has 3 aromatic rings. The second kappa shape index (κ2) is 42.7. The molecule has 0 radical (unpaired) electrons. The second-order valence-electron chi connectivity index (χ2n) is 20.3. The summed E-state index contributed by atoms with van der Waals surface area (Å²) in [6.07, 6.45) is 46.3. The summed E-state index contributed by atoms with van der Waals surface area (Å²) in [7, 11) is 0. The van der Waals surface area contributed by atoms with E-state index in [0.717, 1.165) is 56.3 Å². The van der Waals surface area contributed by atoms with Crippen LogP contribution in [-0.2, 0) is 48.6 Å². The molecule has 392 valence electrons. The molecule has 0 N–H and O–H groups in total. The van der Waals surface area contributed by atoms with Gasteiger partial charge in [-0.2, -0.15) is 0 Å². The molecule has 3 aromatic carbocycles. The molecule has 0 spiro atoms. The van der Waals surface area contributed by atoms with Gasteiger partial charge in [-0.3, -0.25) is 9.98 Å². The van der Waals surface area contributed by atoms with Crippen molar-refractivity contribution in [2.45, 2.75) is 287 Å². The van der Waals surface area contributed by atoms with E-state index in [4.69, 9.17) is 9.98 Å². The molecule has 0 heterocycles. The molecule has 3 rings (SSSR count). The molecule has 5 heteroatoms. The maximum absolute atomic E-state index is 11.3. The van der Waals surface area contributed by atoms with Crippen molar-refractivity contribution < 1.29 is 26.7 Å². The molecular formula is C64H104N2NiO2. The van der Waals surface area contributed by atoms with Crippen molar-refractivity contribution >= 4 is 22.8 Å². The van der Waals surface area contributed by atoms with E-state index >= 15 is 0 Å². The van der Waals surface area contributed by atoms with E-state index in [9.17, 15) is 10.2 Å². The van der Waals surface area contributed by atoms with Crippen LogP contribution in [0, 0.1) is 6.92 Å². The van der Waals surface area contributed by atoms with E-state index in [1.807, 2.05) is 6.92 Å². The minimum absolute atomic E-state index is 0. The molecule has 0 amide bonds. The Balaban J connectivity index is 0.00000159. The molecule has 0 aliphatic heterocycles. The topological polar surface area (TPSA) is 70.8 Å². The Morgan fingerprint density at radius 3 is 0.971 bits per heavy atom. The fourth-order valence-electron chi connectivity index (χ4n) is 9.67. The van der Waals surface area contributed by atoms with Crippen molar-refractivity contribution in [2.75, 3.05) is 0 Å². The van der Waals surface area contributed by atoms with Gasteiger partial charge < -0.3 is 10.2 Å². The molecule has 0 unspecified atom stereocenters. The molecular weight excluding hydrogens is 887 g/mol. The summed E-state index contributed by atoms with van der Waals surface area (Å²) in [4.78, 5) is 11.0. The summed E-state index contributed by atoms with van der Waals surface area (Å²) in [6, 6.07) is 17.6. The first-order chi connectivity index (χ1) is 33.3. The predicted octanol–water partition coefficient (Wildman–Crippen LogP) is 19.6. The van der Waals surface area contributed by atoms with Crippen molar-refractivity contribution in [2.24, 2.45) is 9.98 Å². The number of unbranched alkanes of at least 4 members (excludes halogenated alkanes) is 22. The third-order valence-corrected chi connectivity index (χ3v) is 13.8. The SMILES string of the molecule is CCCCCCCCCCCCCCCCCCCCCCC(=Nc1ccc(CCC)c(CCC)c1)C(CCCCCC)=Nc1ccc(CCC)c(CCC)c1.CCCc1ccc(C)c([O-])c1[O-].[Ni+2]. The van der Waals surface area contributed by atoms with Gasteiger partial charge in [0.15, 0.2) is 0 Å². The number of hydrogen-bond acceptors (Lipinski definition) is 4. The van der Waals surface area contributed by atoms with Crippen molar-refractivity contribution in [3.05, 3.63) is 81.9 Å². The van der Waals surface area contributed by atoms with E-state index in [2.05, 4.69) is 77.9 Å². The molecule has 0 saturated carbocycles. The molecule has 4 nitrogen and oxygen atoms in total. The van der Waals surface area contributed by atoms with Crippen LogP contribution in [0.2, 0.25) is 0 Å². The number of rotatable bonds is 39. The molecule has 0 bridgehead atoms. The molecule has 0 fully saturated rings. The van der Waals surface area contributed by atoms with Gasteiger partial charge in [0.1, 0.15) is 0 Å². The molecule has 0 aromatic heterocycles. The van der Waals surface area contributed by atoms with E-state index in [1.54, 1.807) is 19.1 Å². The Kier molecular flexibility index (Phi) is 39.7. The van der Waals surface area contributed by atoms with Crippen LogP contribution in [-0.4, -0.2) is 11.4 Å². The minimum Gasteiger partial charge on any atom is -0.873 e. The Bertz CT molecular complexity index is 1780. The fourth-order valence-corrected chi connectivity index (χ4v) is 9.67. The van der Waals surface area contributed by atoms with Crippen LogP contribution in [0.25, 0.3) is 0 Å². The fraction of sp³-hybridized carbons (Fsp3) is 0.688. The van der Waals surface area contributed by atoms with Gasteiger partial charge in [0.05, 0.1) is 22.8 Å². The van der Waals surface area contributed by atoms with Crippen molar-refractivity contribution in [3.8, 4) is 11.5 Å². The first-order valence-electron chi connectivity index (χ1n) is 29.1. The molecule has 69 heavy (non-hydrogen) atoms. The Morgan fingerprint density at radius 2 is 0.623 bits per heavy atom. The molecule has 0 aliphatic carbocycles. The minimum atomic E-state index is -0.346. The maximum Gasteiger partial charge on any atom is 2.00 e. The predicted molar refractivity (Wildman–Crippen MR) is 299 cm³/mol. The van der Waals surface area contributed by atoms with Crippen LogP contribution in [0.1, 0.15) is 281 Å². The van der Waals surface area contributed by atoms with E-state index in [0.29, 0.717) is 17.5 Å². The van der Waals surface area contributed by atoms with E-state index in [1.165, 1.54) is 213 Å². The maximum atomic E-state index is 11.3. The monoisotopic (exact) mass is 991 g/mol. The zero-order valence-electron chi connectivity index (χ0n) is 46.1. The van der Waals surface area contributed by atoms with Crippen LogP contribution in [0.3, 0.4) is 0 Å². The van der Waals surface area contributed by atoms with E-state index < -0.39 is 0 Å². The number of aliphatic imine (C=N–C) groups is 2. The largest absolute Gasteiger partial charge is 2.00 e. The van der Waals surface area contributed by atoms with Gasteiger partial charge in [-0.25, -0.2) is 0 Å². The zero-order valence-corrected chi connectivity index (χ0v) is 47.1. The van der Waals surface area contributed by atoms with Gasteiger partial charge in [0, 0.05) is 0 Å². The Morgan fingerprint density at radius 1 is 0.333 bits per heavy atom. The van der Waals surface area contributed by atoms with Crippen LogP contribution in [0.15, 0.2) is 58.5 Å². The quantitative estimate of drug-likeness (QED) is 0.0325. The second-order valence-corrected chi connectivity index (χ2v) is 20.3. The van der Waals surface area contributed by atoms with Gasteiger partial charge in [-0.15, -0.1) is 11.5 Å². The van der Waals surface area contributed by atoms with Gasteiger partial charge in [0.2, 0.25) is 0 Å². The number of aryl methyl sites for hydroxylation is 6. The van der Waals surface area contributed by atoms with Crippen molar-refractivity contribution in [3.63, 3.8) is 0 Å². The van der Waals surface area contributed by atoms with Gasteiger partial charge in [-0.1, -0.05) is 257 Å². The summed E-state index contributed by atoms with van der Waals surface area (Å²) in [5.41, 5.74) is 11.9. The summed E-state index contributed by atoms with van der Waals surface area (Å²) in [5, 5.41) is 22.4. The number of nitrogens with zero attached hydrogens (tertiary/aromatic N) is 2.